The van der Waals surface area contributed by atoms with Crippen LogP contribution in [0.5, 0.6) is 11.5 Å². The summed E-state index contributed by atoms with van der Waals surface area (Å²) in [6, 6.07) is 17.7. The average molecular weight is 570 g/mol. The zero-order chi connectivity index (χ0) is 29.5. The van der Waals surface area contributed by atoms with E-state index in [9.17, 15) is 4.79 Å². The molecule has 1 aliphatic rings. The number of methoxy groups -OCH3 is 1. The third-order valence-corrected chi connectivity index (χ3v) is 7.59. The predicted molar refractivity (Wildman–Crippen MR) is 164 cm³/mol. The van der Waals surface area contributed by atoms with Crippen molar-refractivity contribution in [3.05, 3.63) is 73.1 Å². The van der Waals surface area contributed by atoms with Gasteiger partial charge >= 0.3 is 0 Å². The van der Waals surface area contributed by atoms with Crippen LogP contribution in [0.25, 0.3) is 22.3 Å². The van der Waals surface area contributed by atoms with Crippen molar-refractivity contribution >= 4 is 22.8 Å². The molecule has 1 atom stereocenters. The molecule has 1 saturated heterocycles. The van der Waals surface area contributed by atoms with Gasteiger partial charge in [0.05, 0.1) is 18.0 Å². The molecule has 0 aliphatic carbocycles. The van der Waals surface area contributed by atoms with Crippen molar-refractivity contribution in [1.29, 1.82) is 0 Å². The van der Waals surface area contributed by atoms with Crippen LogP contribution in [0.4, 0.5) is 5.82 Å². The van der Waals surface area contributed by atoms with Crippen molar-refractivity contribution in [3.8, 4) is 22.8 Å². The number of para-hydroxylation sites is 1. The number of carbonyl (C=O) groups is 1. The number of benzene rings is 2. The molecule has 2 N–H and O–H groups in total. The Bertz CT molecular complexity index is 1500. The van der Waals surface area contributed by atoms with Crippen LogP contribution < -0.4 is 10.5 Å². The molecule has 1 amide bonds. The fourth-order valence-corrected chi connectivity index (χ4v) is 5.28. The highest BCUT2D eigenvalue weighted by molar-refractivity contribution is 5.98. The van der Waals surface area contributed by atoms with Gasteiger partial charge < -0.3 is 20.1 Å². The van der Waals surface area contributed by atoms with E-state index in [1.165, 1.54) is 6.33 Å². The molecule has 42 heavy (non-hydrogen) atoms. The summed E-state index contributed by atoms with van der Waals surface area (Å²) in [7, 11) is 1.70. The van der Waals surface area contributed by atoms with Crippen LogP contribution in [-0.2, 0) is 9.53 Å². The highest BCUT2D eigenvalue weighted by Crippen LogP contribution is 2.35. The van der Waals surface area contributed by atoms with E-state index >= 15 is 0 Å². The molecule has 10 nitrogen and oxygen atoms in total. The van der Waals surface area contributed by atoms with Crippen molar-refractivity contribution in [2.45, 2.75) is 38.8 Å². The number of hydrogen-bond acceptors (Lipinski definition) is 8. The van der Waals surface area contributed by atoms with Gasteiger partial charge in [0.25, 0.3) is 0 Å². The van der Waals surface area contributed by atoms with Crippen molar-refractivity contribution in [3.63, 3.8) is 0 Å². The molecule has 10 heteroatoms. The maximum atomic E-state index is 13.2. The lowest BCUT2D eigenvalue weighted by Gasteiger charge is -2.32. The van der Waals surface area contributed by atoms with Gasteiger partial charge in [0.2, 0.25) is 5.91 Å². The maximum absolute atomic E-state index is 13.2. The third-order valence-electron chi connectivity index (χ3n) is 7.59. The van der Waals surface area contributed by atoms with E-state index in [1.54, 1.807) is 13.2 Å². The summed E-state index contributed by atoms with van der Waals surface area (Å²) in [6.45, 7) is 7.73. The number of anilines is 1. The smallest absolute Gasteiger partial charge is 0.246 e. The van der Waals surface area contributed by atoms with Gasteiger partial charge in [-0.3, -0.25) is 9.69 Å². The molecule has 0 unspecified atom stereocenters. The van der Waals surface area contributed by atoms with Gasteiger partial charge in [0, 0.05) is 51.0 Å². The van der Waals surface area contributed by atoms with Gasteiger partial charge in [-0.25, -0.2) is 14.6 Å². The first kappa shape index (κ1) is 29.2. The molecule has 5 rings (SSSR count). The minimum Gasteiger partial charge on any atom is -0.457 e. The lowest BCUT2D eigenvalue weighted by atomic mass is 10.1. The Morgan fingerprint density at radius 2 is 1.88 bits per heavy atom. The average Bonchev–Trinajstić information content (AvgIpc) is 3.40. The number of rotatable bonds is 11. The van der Waals surface area contributed by atoms with Gasteiger partial charge in [-0.1, -0.05) is 24.3 Å². The number of nitrogens with zero attached hydrogens (tertiary/aromatic N) is 6. The van der Waals surface area contributed by atoms with Crippen LogP contribution in [0.2, 0.25) is 0 Å². The Labute approximate surface area is 246 Å². The Kier molecular flexibility index (Phi) is 9.45. The Morgan fingerprint density at radius 1 is 1.12 bits per heavy atom. The second kappa shape index (κ2) is 13.6. The first-order valence-corrected chi connectivity index (χ1v) is 14.4. The summed E-state index contributed by atoms with van der Waals surface area (Å²) < 4.78 is 13.1. The summed E-state index contributed by atoms with van der Waals surface area (Å²) in [5.74, 6) is 1.88. The molecule has 0 bridgehead atoms. The molecule has 1 fully saturated rings. The second-order valence-corrected chi connectivity index (χ2v) is 10.8. The van der Waals surface area contributed by atoms with Gasteiger partial charge in [0.1, 0.15) is 29.3 Å². The van der Waals surface area contributed by atoms with E-state index in [4.69, 9.17) is 20.3 Å². The Morgan fingerprint density at radius 3 is 2.62 bits per heavy atom. The summed E-state index contributed by atoms with van der Waals surface area (Å²) in [5, 5.41) is 5.71. The molecule has 0 radical (unpaired) electrons. The van der Waals surface area contributed by atoms with E-state index in [1.807, 2.05) is 70.3 Å². The standard InChI is InChI=1S/C32H39N7O3/c1-23(2)37(19-20-41-3)17-8-12-28(40)38-18-7-9-25(21-38)39-32-29(31(33)34-22-35-32)30(36-39)24-13-15-27(16-14-24)42-26-10-5-4-6-11-26/h4-6,8,10-16,22-23,25H,7,9,17-21H2,1-3H3,(H2,33,34,35)/t25-/m1/s1. The highest BCUT2D eigenvalue weighted by Gasteiger charge is 2.28. The topological polar surface area (TPSA) is 112 Å². The monoisotopic (exact) mass is 569 g/mol. The molecular weight excluding hydrogens is 530 g/mol. The highest BCUT2D eigenvalue weighted by atomic mass is 16.5. The Hall–Kier alpha value is -4.28. The number of likely N-dealkylation sites (tertiary alicyclic amines) is 1. The van der Waals surface area contributed by atoms with E-state index in [2.05, 4.69) is 28.7 Å². The van der Waals surface area contributed by atoms with E-state index < -0.39 is 0 Å². The van der Waals surface area contributed by atoms with Gasteiger partial charge in [-0.15, -0.1) is 0 Å². The lowest BCUT2D eigenvalue weighted by molar-refractivity contribution is -0.127. The second-order valence-electron chi connectivity index (χ2n) is 10.8. The number of amides is 1. The molecule has 2 aromatic carbocycles. The first-order valence-electron chi connectivity index (χ1n) is 14.4. The predicted octanol–water partition coefficient (Wildman–Crippen LogP) is 4.94. The van der Waals surface area contributed by atoms with Crippen LogP contribution in [0.1, 0.15) is 32.7 Å². The van der Waals surface area contributed by atoms with Crippen molar-refractivity contribution in [2.75, 3.05) is 45.6 Å². The number of hydrogen-bond donors (Lipinski definition) is 1. The summed E-state index contributed by atoms with van der Waals surface area (Å²) in [6.07, 6.45) is 6.86. The summed E-state index contributed by atoms with van der Waals surface area (Å²) in [4.78, 5) is 26.1. The minimum atomic E-state index is -0.0313. The lowest BCUT2D eigenvalue weighted by Crippen LogP contribution is -2.40. The molecule has 2 aromatic heterocycles. The fraction of sp³-hybridized carbons (Fsp3) is 0.375. The number of carbonyl (C=O) groups excluding carboxylic acids is 1. The number of fused-ring (bicyclic) bond motifs is 1. The molecule has 4 aromatic rings. The van der Waals surface area contributed by atoms with Gasteiger partial charge in [-0.2, -0.15) is 5.10 Å². The van der Waals surface area contributed by atoms with Crippen molar-refractivity contribution in [2.24, 2.45) is 0 Å². The quantitative estimate of drug-likeness (QED) is 0.253. The molecule has 220 valence electrons. The number of ether oxygens (including phenoxy) is 2. The first-order chi connectivity index (χ1) is 20.4. The minimum absolute atomic E-state index is 0.00924. The van der Waals surface area contributed by atoms with Crippen molar-refractivity contribution < 1.29 is 14.3 Å². The molecule has 0 spiro atoms. The third kappa shape index (κ3) is 6.78. The molecule has 3 heterocycles. The van der Waals surface area contributed by atoms with E-state index in [-0.39, 0.29) is 11.9 Å². The Balaban J connectivity index is 1.34. The molecular formula is C32H39N7O3. The van der Waals surface area contributed by atoms with Crippen LogP contribution >= 0.6 is 0 Å². The zero-order valence-electron chi connectivity index (χ0n) is 24.5. The SMILES string of the molecule is COCCN(CC=CC(=O)N1CCC[C@@H](n2nc(-c3ccc(Oc4ccccc4)cc3)c3c(N)ncnc32)C1)C(C)C. The normalized spacial score (nSPS) is 15.7. The fourth-order valence-electron chi connectivity index (χ4n) is 5.28. The van der Waals surface area contributed by atoms with Crippen LogP contribution in [-0.4, -0.2) is 81.4 Å². The molecule has 0 saturated carbocycles. The number of aromatic nitrogens is 4. The number of nitrogen functional groups attached to an aromatic ring is 1. The van der Waals surface area contributed by atoms with E-state index in [0.717, 1.165) is 36.4 Å². The number of piperidine rings is 1. The van der Waals surface area contributed by atoms with Gasteiger partial charge in [0.15, 0.2) is 5.65 Å². The van der Waals surface area contributed by atoms with E-state index in [0.29, 0.717) is 54.8 Å². The largest absolute Gasteiger partial charge is 0.457 e. The van der Waals surface area contributed by atoms with Gasteiger partial charge in [-0.05, 0) is 63.1 Å². The van der Waals surface area contributed by atoms with Crippen molar-refractivity contribution in [1.82, 2.24) is 29.5 Å². The van der Waals surface area contributed by atoms with Crippen LogP contribution in [0, 0.1) is 0 Å². The maximum Gasteiger partial charge on any atom is 0.246 e. The molecule has 1 aliphatic heterocycles. The van der Waals surface area contributed by atoms with Crippen LogP contribution in [0.15, 0.2) is 73.1 Å². The summed E-state index contributed by atoms with van der Waals surface area (Å²) >= 11 is 0. The zero-order valence-corrected chi connectivity index (χ0v) is 24.5. The van der Waals surface area contributed by atoms with Crippen LogP contribution in [0.3, 0.4) is 0 Å². The number of nitrogens with two attached hydrogens (primary N) is 1. The summed E-state index contributed by atoms with van der Waals surface area (Å²) in [5.41, 5.74) is 8.63.